The van der Waals surface area contributed by atoms with Crippen LogP contribution in [0.15, 0.2) is 36.4 Å². The lowest BCUT2D eigenvalue weighted by Crippen LogP contribution is -2.36. The minimum Gasteiger partial charge on any atom is -0.493 e. The third-order valence-electron chi connectivity index (χ3n) is 5.76. The lowest BCUT2D eigenvalue weighted by molar-refractivity contribution is -0.119. The number of benzene rings is 2. The van der Waals surface area contributed by atoms with Crippen LogP contribution in [0.4, 0.5) is 16.2 Å². The Labute approximate surface area is 204 Å². The van der Waals surface area contributed by atoms with E-state index in [1.165, 1.54) is 21.3 Å². The van der Waals surface area contributed by atoms with Gasteiger partial charge in [0.15, 0.2) is 11.5 Å². The van der Waals surface area contributed by atoms with Crippen LogP contribution >= 0.6 is 0 Å². The minimum absolute atomic E-state index is 0.0376. The van der Waals surface area contributed by atoms with Crippen LogP contribution in [0, 0.1) is 5.92 Å². The summed E-state index contributed by atoms with van der Waals surface area (Å²) in [4.78, 5) is 36.8. The number of hydrogen-bond donors (Lipinski definition) is 4. The van der Waals surface area contributed by atoms with Crippen LogP contribution in [0.5, 0.6) is 17.2 Å². The fourth-order valence-corrected chi connectivity index (χ4v) is 3.92. The molecule has 1 fully saturated rings. The van der Waals surface area contributed by atoms with E-state index in [9.17, 15) is 14.4 Å². The second-order valence-electron chi connectivity index (χ2n) is 8.10. The van der Waals surface area contributed by atoms with Crippen molar-refractivity contribution in [3.63, 3.8) is 0 Å². The molecule has 0 saturated heterocycles. The third-order valence-corrected chi connectivity index (χ3v) is 5.76. The number of carbonyl (C=O) groups is 3. The molecule has 4 N–H and O–H groups in total. The Kier molecular flexibility index (Phi) is 9.16. The first-order valence-electron chi connectivity index (χ1n) is 11.5. The molecular weight excluding hydrogens is 452 g/mol. The van der Waals surface area contributed by atoms with E-state index >= 15 is 0 Å². The van der Waals surface area contributed by atoms with Crippen molar-refractivity contribution in [3.8, 4) is 17.2 Å². The number of hydrogen-bond acceptors (Lipinski definition) is 6. The molecule has 10 nitrogen and oxygen atoms in total. The molecule has 0 radical (unpaired) electrons. The minimum atomic E-state index is -0.448. The summed E-state index contributed by atoms with van der Waals surface area (Å²) in [6, 6.07) is 9.52. The summed E-state index contributed by atoms with van der Waals surface area (Å²) in [6.45, 7) is 0.458. The zero-order chi connectivity index (χ0) is 25.2. The van der Waals surface area contributed by atoms with Gasteiger partial charge >= 0.3 is 6.03 Å². The van der Waals surface area contributed by atoms with Crippen molar-refractivity contribution in [2.45, 2.75) is 25.7 Å². The number of amides is 4. The molecule has 3 rings (SSSR count). The largest absolute Gasteiger partial charge is 0.493 e. The van der Waals surface area contributed by atoms with Gasteiger partial charge in [0.1, 0.15) is 0 Å². The Bertz CT molecular complexity index is 1010. The number of nitrogens with one attached hydrogen (secondary N) is 4. The molecule has 1 aliphatic rings. The summed E-state index contributed by atoms with van der Waals surface area (Å²) in [5, 5.41) is 11.0. The topological polar surface area (TPSA) is 127 Å². The molecule has 0 heterocycles. The number of rotatable bonds is 10. The Hall–Kier alpha value is -3.95. The lowest BCUT2D eigenvalue weighted by atomic mass is 10.1. The quantitative estimate of drug-likeness (QED) is 0.383. The van der Waals surface area contributed by atoms with Crippen molar-refractivity contribution in [3.05, 3.63) is 42.0 Å². The highest BCUT2D eigenvalue weighted by Crippen LogP contribution is 2.39. The van der Waals surface area contributed by atoms with Crippen molar-refractivity contribution < 1.29 is 28.6 Å². The van der Waals surface area contributed by atoms with E-state index in [4.69, 9.17) is 14.2 Å². The van der Waals surface area contributed by atoms with Crippen LogP contribution in [0.2, 0.25) is 0 Å². The molecule has 4 amide bonds. The normalized spacial score (nSPS) is 13.0. The van der Waals surface area contributed by atoms with Gasteiger partial charge in [0, 0.05) is 42.4 Å². The van der Waals surface area contributed by atoms with Crippen LogP contribution in [0.25, 0.3) is 0 Å². The number of urea groups is 1. The van der Waals surface area contributed by atoms with Crippen molar-refractivity contribution in [2.24, 2.45) is 5.92 Å². The number of ether oxygens (including phenoxy) is 3. The van der Waals surface area contributed by atoms with Gasteiger partial charge in [-0.3, -0.25) is 9.59 Å². The zero-order valence-electron chi connectivity index (χ0n) is 20.2. The summed E-state index contributed by atoms with van der Waals surface area (Å²) >= 11 is 0. The van der Waals surface area contributed by atoms with E-state index in [0.29, 0.717) is 34.2 Å². The van der Waals surface area contributed by atoms with Gasteiger partial charge in [-0.05, 0) is 37.1 Å². The highest BCUT2D eigenvalue weighted by molar-refractivity contribution is 5.96. The molecule has 35 heavy (non-hydrogen) atoms. The average molecular weight is 485 g/mol. The highest BCUT2D eigenvalue weighted by atomic mass is 16.5. The lowest BCUT2D eigenvalue weighted by Gasteiger charge is -2.15. The van der Waals surface area contributed by atoms with E-state index < -0.39 is 6.03 Å². The summed E-state index contributed by atoms with van der Waals surface area (Å²) in [5.41, 5.74) is 1.59. The maximum atomic E-state index is 12.4. The summed E-state index contributed by atoms with van der Waals surface area (Å²) in [7, 11) is 4.48. The number of anilines is 2. The first-order valence-corrected chi connectivity index (χ1v) is 11.5. The first kappa shape index (κ1) is 25.7. The van der Waals surface area contributed by atoms with Gasteiger partial charge in [-0.15, -0.1) is 0 Å². The van der Waals surface area contributed by atoms with Gasteiger partial charge in [-0.25, -0.2) is 4.79 Å². The molecule has 1 saturated carbocycles. The molecule has 0 atom stereocenters. The molecule has 0 spiro atoms. The SMILES string of the molecule is COc1cc(NC(=O)NCCNC(=O)c2ccc(NC(=O)C3CCCC3)cc2)cc(OC)c1OC. The van der Waals surface area contributed by atoms with Gasteiger partial charge in [-0.2, -0.15) is 0 Å². The van der Waals surface area contributed by atoms with Gasteiger partial charge in [0.2, 0.25) is 11.7 Å². The van der Waals surface area contributed by atoms with E-state index in [-0.39, 0.29) is 30.8 Å². The fraction of sp³-hybridized carbons (Fsp3) is 0.400. The summed E-state index contributed by atoms with van der Waals surface area (Å²) in [6.07, 6.45) is 4.05. The van der Waals surface area contributed by atoms with Crippen LogP contribution in [-0.2, 0) is 4.79 Å². The fourth-order valence-electron chi connectivity index (χ4n) is 3.92. The van der Waals surface area contributed by atoms with Crippen molar-refractivity contribution in [2.75, 3.05) is 45.1 Å². The Balaban J connectivity index is 1.42. The maximum absolute atomic E-state index is 12.4. The molecule has 0 aromatic heterocycles. The van der Waals surface area contributed by atoms with Crippen molar-refractivity contribution >= 4 is 29.2 Å². The zero-order valence-corrected chi connectivity index (χ0v) is 20.2. The monoisotopic (exact) mass is 484 g/mol. The van der Waals surface area contributed by atoms with Crippen molar-refractivity contribution in [1.29, 1.82) is 0 Å². The van der Waals surface area contributed by atoms with Crippen LogP contribution in [0.3, 0.4) is 0 Å². The molecule has 0 bridgehead atoms. The maximum Gasteiger partial charge on any atom is 0.319 e. The summed E-state index contributed by atoms with van der Waals surface area (Å²) in [5.74, 6) is 1.10. The first-order chi connectivity index (χ1) is 16.9. The third kappa shape index (κ3) is 7.02. The predicted molar refractivity (Wildman–Crippen MR) is 132 cm³/mol. The summed E-state index contributed by atoms with van der Waals surface area (Å²) < 4.78 is 15.8. The van der Waals surface area contributed by atoms with E-state index in [1.807, 2.05) is 0 Å². The predicted octanol–water partition coefficient (Wildman–Crippen LogP) is 3.39. The van der Waals surface area contributed by atoms with E-state index in [2.05, 4.69) is 21.3 Å². The molecule has 2 aromatic rings. The second-order valence-corrected chi connectivity index (χ2v) is 8.10. The number of carbonyl (C=O) groups excluding carboxylic acids is 3. The highest BCUT2D eigenvalue weighted by Gasteiger charge is 2.22. The van der Waals surface area contributed by atoms with Gasteiger partial charge < -0.3 is 35.5 Å². The molecular formula is C25H32N4O6. The molecule has 188 valence electrons. The van der Waals surface area contributed by atoms with Crippen LogP contribution in [-0.4, -0.2) is 52.3 Å². The molecule has 1 aliphatic carbocycles. The molecule has 0 unspecified atom stereocenters. The van der Waals surface area contributed by atoms with Gasteiger partial charge in [-0.1, -0.05) is 12.8 Å². The van der Waals surface area contributed by atoms with Crippen LogP contribution < -0.4 is 35.5 Å². The van der Waals surface area contributed by atoms with E-state index in [1.54, 1.807) is 36.4 Å². The standard InChI is InChI=1S/C25H32N4O6/c1-33-20-14-19(15-21(34-2)22(20)35-3)29-25(32)27-13-12-26-23(30)17-8-10-18(11-9-17)28-24(31)16-6-4-5-7-16/h8-11,14-16H,4-7,12-13H2,1-3H3,(H,26,30)(H,28,31)(H2,27,29,32). The molecule has 2 aromatic carbocycles. The number of methoxy groups -OCH3 is 3. The second kappa shape index (κ2) is 12.5. The Morgan fingerprint density at radius 2 is 1.40 bits per heavy atom. The smallest absolute Gasteiger partial charge is 0.319 e. The molecule has 0 aliphatic heterocycles. The average Bonchev–Trinajstić information content (AvgIpc) is 3.41. The Morgan fingerprint density at radius 1 is 0.800 bits per heavy atom. The molecule has 10 heteroatoms. The van der Waals surface area contributed by atoms with E-state index in [0.717, 1.165) is 25.7 Å². The van der Waals surface area contributed by atoms with Gasteiger partial charge in [0.05, 0.1) is 27.0 Å². The Morgan fingerprint density at radius 3 is 1.97 bits per heavy atom. The van der Waals surface area contributed by atoms with Crippen LogP contribution in [0.1, 0.15) is 36.0 Å². The van der Waals surface area contributed by atoms with Crippen molar-refractivity contribution in [1.82, 2.24) is 10.6 Å². The van der Waals surface area contributed by atoms with Gasteiger partial charge in [0.25, 0.3) is 5.91 Å².